The molecule has 0 bridgehead atoms. The van der Waals surface area contributed by atoms with Gasteiger partial charge in [-0.2, -0.15) is 4.31 Å². The second kappa shape index (κ2) is 15.1. The van der Waals surface area contributed by atoms with Crippen molar-refractivity contribution in [2.24, 2.45) is 5.73 Å². The van der Waals surface area contributed by atoms with E-state index in [9.17, 15) is 18.0 Å². The number of amidine groups is 1. The summed E-state index contributed by atoms with van der Waals surface area (Å²) in [6.07, 6.45) is 1.36. The predicted molar refractivity (Wildman–Crippen MR) is 192 cm³/mol. The summed E-state index contributed by atoms with van der Waals surface area (Å²) in [7, 11) is -2.55. The number of carbonyl (C=O) groups excluding carboxylic acids is 2. The molecule has 1 aromatic heterocycles. The Morgan fingerprint density at radius 1 is 1.12 bits per heavy atom. The fourth-order valence-corrected chi connectivity index (χ4v) is 8.41. The molecule has 0 unspecified atom stereocenters. The van der Waals surface area contributed by atoms with Gasteiger partial charge in [-0.05, 0) is 87.2 Å². The van der Waals surface area contributed by atoms with Crippen molar-refractivity contribution in [1.29, 1.82) is 5.41 Å². The van der Waals surface area contributed by atoms with E-state index in [0.29, 0.717) is 47.3 Å². The number of pyridine rings is 1. The van der Waals surface area contributed by atoms with E-state index in [1.807, 2.05) is 32.0 Å². The first kappa shape index (κ1) is 36.1. The van der Waals surface area contributed by atoms with E-state index in [2.05, 4.69) is 10.3 Å². The Labute approximate surface area is 295 Å². The maximum Gasteiger partial charge on any atom is 0.245 e. The van der Waals surface area contributed by atoms with Gasteiger partial charge in [-0.15, -0.1) is 0 Å². The summed E-state index contributed by atoms with van der Waals surface area (Å²) < 4.78 is 35.2. The number of amides is 2. The molecule has 49 heavy (non-hydrogen) atoms. The van der Waals surface area contributed by atoms with E-state index in [1.165, 1.54) is 21.3 Å². The number of nitrogen functional groups attached to an aromatic ring is 1. The van der Waals surface area contributed by atoms with E-state index in [-0.39, 0.29) is 52.8 Å². The Hall–Kier alpha value is -4.23. The average Bonchev–Trinajstić information content (AvgIpc) is 3.58. The van der Waals surface area contributed by atoms with Crippen LogP contribution in [0, 0.1) is 19.3 Å². The summed E-state index contributed by atoms with van der Waals surface area (Å²) >= 11 is 13.2. The molecule has 1 atom stereocenters. The van der Waals surface area contributed by atoms with Gasteiger partial charge in [-0.25, -0.2) is 13.4 Å². The molecule has 1 fully saturated rings. The molecule has 4 N–H and O–H groups in total. The topological polar surface area (TPSA) is 159 Å². The lowest BCUT2D eigenvalue weighted by Crippen LogP contribution is -2.46. The lowest BCUT2D eigenvalue weighted by molar-refractivity contribution is -0.124. The summed E-state index contributed by atoms with van der Waals surface area (Å²) in [5.41, 5.74) is 9.57. The number of benzene rings is 3. The highest BCUT2D eigenvalue weighted by Gasteiger charge is 2.40. The zero-order valence-corrected chi connectivity index (χ0v) is 29.8. The zero-order valence-electron chi connectivity index (χ0n) is 27.4. The lowest BCUT2D eigenvalue weighted by atomic mass is 10.1. The zero-order chi connectivity index (χ0) is 35.5. The second-order valence-electron chi connectivity index (χ2n) is 11.9. The van der Waals surface area contributed by atoms with Crippen LogP contribution in [-0.2, 0) is 26.2 Å². The van der Waals surface area contributed by atoms with Gasteiger partial charge in [0.1, 0.15) is 34.6 Å². The number of hydrogen-bond donors (Lipinski definition) is 3. The molecular weight excluding hydrogens is 687 g/mol. The number of anilines is 1. The number of carbonyl (C=O) groups is 2. The smallest absolute Gasteiger partial charge is 0.245 e. The number of halogens is 2. The van der Waals surface area contributed by atoms with Gasteiger partial charge in [-0.3, -0.25) is 15.0 Å². The highest BCUT2D eigenvalue weighted by molar-refractivity contribution is 7.89. The Balaban J connectivity index is 1.22. The van der Waals surface area contributed by atoms with Crippen LogP contribution >= 0.6 is 23.2 Å². The number of fused-ring (bicyclic) bond motifs is 1. The molecule has 1 saturated heterocycles. The molecule has 0 aliphatic carbocycles. The van der Waals surface area contributed by atoms with Gasteiger partial charge in [0.25, 0.3) is 0 Å². The van der Waals surface area contributed by atoms with Crippen molar-refractivity contribution >= 4 is 67.5 Å². The monoisotopic (exact) mass is 724 g/mol. The first-order chi connectivity index (χ1) is 23.3. The first-order valence-electron chi connectivity index (χ1n) is 15.8. The molecule has 11 nitrogen and oxygen atoms in total. The number of aromatic nitrogens is 1. The van der Waals surface area contributed by atoms with Crippen LogP contribution in [-0.4, -0.2) is 61.5 Å². The molecule has 0 radical (unpaired) electrons. The second-order valence-corrected chi connectivity index (χ2v) is 14.6. The number of ether oxygens (including phenoxy) is 1. The van der Waals surface area contributed by atoms with Crippen molar-refractivity contribution in [2.45, 2.75) is 57.1 Å². The normalized spacial score (nSPS) is 14.9. The highest BCUT2D eigenvalue weighted by atomic mass is 35.5. The Kier molecular flexibility index (Phi) is 11.1. The number of aryl methyl sites for hydroxylation is 2. The van der Waals surface area contributed by atoms with Crippen LogP contribution in [0.5, 0.6) is 5.75 Å². The standard InChI is InChI=1S/C35H38Cl2N6O5S/c1-21-19-22(2)41-33-25(21)7-4-9-29(33)48-20-26-27(36)15-16-30(32(26)37)49(46,47)43-18-6-8-28(43)35(45)40-17-5-10-31(44)42(3)24-13-11-23(12-14-24)34(38)39/h4,7,9,11-16,19,28H,5-6,8,10,17-18,20H2,1-3H3,(H3,38,39)(H,40,45)/t28-/m0/s1. The fraction of sp³-hybridized carbons (Fsp3) is 0.314. The Bertz CT molecular complexity index is 2020. The molecule has 2 heterocycles. The highest BCUT2D eigenvalue weighted by Crippen LogP contribution is 2.36. The largest absolute Gasteiger partial charge is 0.487 e. The van der Waals surface area contributed by atoms with Crippen LogP contribution in [0.25, 0.3) is 10.9 Å². The number of nitrogens with one attached hydrogen (secondary N) is 2. The quantitative estimate of drug-likeness (QED) is 0.0956. The van der Waals surface area contributed by atoms with Gasteiger partial charge in [0.2, 0.25) is 21.8 Å². The van der Waals surface area contributed by atoms with Gasteiger partial charge < -0.3 is 20.7 Å². The van der Waals surface area contributed by atoms with Crippen LogP contribution in [0.3, 0.4) is 0 Å². The van der Waals surface area contributed by atoms with Gasteiger partial charge in [0.05, 0.1) is 5.02 Å². The van der Waals surface area contributed by atoms with Crippen molar-refractivity contribution < 1.29 is 22.7 Å². The maximum atomic E-state index is 13.9. The summed E-state index contributed by atoms with van der Waals surface area (Å²) in [5, 5.41) is 11.4. The molecule has 2 amide bonds. The molecule has 258 valence electrons. The Morgan fingerprint density at radius 3 is 2.57 bits per heavy atom. The summed E-state index contributed by atoms with van der Waals surface area (Å²) in [5.74, 6) is -0.146. The number of rotatable bonds is 12. The maximum absolute atomic E-state index is 13.9. The lowest BCUT2D eigenvalue weighted by Gasteiger charge is -2.24. The van der Waals surface area contributed by atoms with Crippen molar-refractivity contribution in [2.75, 3.05) is 25.0 Å². The van der Waals surface area contributed by atoms with E-state index in [4.69, 9.17) is 39.1 Å². The number of para-hydroxylation sites is 1. The molecule has 5 rings (SSSR count). The number of hydrogen-bond acceptors (Lipinski definition) is 7. The van der Waals surface area contributed by atoms with Crippen molar-refractivity contribution in [1.82, 2.24) is 14.6 Å². The number of nitrogens with zero attached hydrogens (tertiary/aromatic N) is 3. The molecule has 1 aliphatic heterocycles. The molecule has 14 heteroatoms. The summed E-state index contributed by atoms with van der Waals surface area (Å²) in [6, 6.07) is 16.2. The average molecular weight is 726 g/mol. The minimum absolute atomic E-state index is 0.0590. The third kappa shape index (κ3) is 7.83. The van der Waals surface area contributed by atoms with Gasteiger partial charge in [-0.1, -0.05) is 35.3 Å². The van der Waals surface area contributed by atoms with Crippen LogP contribution in [0.15, 0.2) is 65.6 Å². The Morgan fingerprint density at radius 2 is 1.86 bits per heavy atom. The SMILES string of the molecule is Cc1cc(C)c2cccc(OCc3c(Cl)ccc(S(=O)(=O)N4CCC[C@H]4C(=O)NCCCC(=O)N(C)c4ccc(C(=N)N)cc4)c3Cl)c2n1. The molecule has 3 aromatic carbocycles. The number of sulfonamides is 1. The van der Waals surface area contributed by atoms with Crippen LogP contribution in [0.2, 0.25) is 10.0 Å². The number of nitrogens with two attached hydrogens (primary N) is 1. The third-order valence-electron chi connectivity index (χ3n) is 8.56. The minimum atomic E-state index is -4.19. The van der Waals surface area contributed by atoms with Gasteiger partial charge in [0, 0.05) is 59.5 Å². The van der Waals surface area contributed by atoms with Crippen LogP contribution in [0.4, 0.5) is 5.69 Å². The fourth-order valence-electron chi connectivity index (χ4n) is 5.89. The molecule has 1 aliphatic rings. The van der Waals surface area contributed by atoms with Gasteiger partial charge in [0.15, 0.2) is 0 Å². The molecule has 0 saturated carbocycles. The van der Waals surface area contributed by atoms with E-state index in [1.54, 1.807) is 37.4 Å². The van der Waals surface area contributed by atoms with Crippen LogP contribution in [0.1, 0.15) is 48.1 Å². The van der Waals surface area contributed by atoms with E-state index >= 15 is 0 Å². The minimum Gasteiger partial charge on any atom is -0.487 e. The molecule has 0 spiro atoms. The van der Waals surface area contributed by atoms with Crippen molar-refractivity contribution in [3.05, 3.63) is 93.1 Å². The molecule has 4 aromatic rings. The first-order valence-corrected chi connectivity index (χ1v) is 18.0. The molecular formula is C35H38Cl2N6O5S. The van der Waals surface area contributed by atoms with E-state index < -0.39 is 22.0 Å². The summed E-state index contributed by atoms with van der Waals surface area (Å²) in [6.45, 7) is 4.14. The van der Waals surface area contributed by atoms with Crippen molar-refractivity contribution in [3.63, 3.8) is 0 Å². The van der Waals surface area contributed by atoms with Gasteiger partial charge >= 0.3 is 0 Å². The van der Waals surface area contributed by atoms with E-state index in [0.717, 1.165) is 16.6 Å². The van der Waals surface area contributed by atoms with Crippen molar-refractivity contribution in [3.8, 4) is 5.75 Å². The summed E-state index contributed by atoms with van der Waals surface area (Å²) in [4.78, 5) is 31.9. The third-order valence-corrected chi connectivity index (χ3v) is 11.4. The predicted octanol–water partition coefficient (Wildman–Crippen LogP) is 5.73. The van der Waals surface area contributed by atoms with Crippen LogP contribution < -0.4 is 20.7 Å².